The summed E-state index contributed by atoms with van der Waals surface area (Å²) in [5.74, 6) is 0.685. The zero-order valence-electron chi connectivity index (χ0n) is 18.4. The number of hydrogen-bond donors (Lipinski definition) is 1. The van der Waals surface area contributed by atoms with Crippen LogP contribution in [0.15, 0.2) is 46.4 Å². The molecule has 0 atom stereocenters. The Labute approximate surface area is 192 Å². The van der Waals surface area contributed by atoms with Gasteiger partial charge < -0.3 is 19.7 Å². The first-order valence-electron chi connectivity index (χ1n) is 10.3. The number of rotatable bonds is 10. The molecule has 0 aliphatic rings. The van der Waals surface area contributed by atoms with Crippen LogP contribution in [0.2, 0.25) is 0 Å². The zero-order chi connectivity index (χ0) is 22.8. The number of nitrogens with one attached hydrogen (secondary N) is 1. The maximum Gasteiger partial charge on any atom is 0.266 e. The number of nitrogens with zero attached hydrogens (tertiary/aromatic N) is 2. The van der Waals surface area contributed by atoms with Gasteiger partial charge in [-0.3, -0.25) is 4.79 Å². The number of anilines is 2. The molecule has 6 nitrogen and oxygen atoms in total. The first-order valence-corrected chi connectivity index (χ1v) is 11.1. The fourth-order valence-corrected chi connectivity index (χ4v) is 3.48. The molecule has 2 aromatic carbocycles. The molecule has 2 aromatic rings. The number of ether oxygens (including phenoxy) is 2. The van der Waals surface area contributed by atoms with Gasteiger partial charge in [-0.25, -0.2) is 0 Å². The lowest BCUT2D eigenvalue weighted by Gasteiger charge is -2.21. The quantitative estimate of drug-likeness (QED) is 0.348. The first kappa shape index (κ1) is 24.3. The number of halogens is 1. The standard InChI is InChI=1S/C24H28BrN3O3/c1-5-28(6-2)20-11-9-19(10-12-20)27-24(29)18(16-26)13-17-14-22(30-7-3)23(31-8-4)15-21(17)25/h9-15H,5-8H2,1-4H3,(H,27,29)/b18-13-. The third-order valence-corrected chi connectivity index (χ3v) is 5.27. The fraction of sp³-hybridized carbons (Fsp3) is 0.333. The maximum absolute atomic E-state index is 12.7. The molecule has 0 radical (unpaired) electrons. The van der Waals surface area contributed by atoms with Crippen LogP contribution in [0.3, 0.4) is 0 Å². The summed E-state index contributed by atoms with van der Waals surface area (Å²) in [6.45, 7) is 10.8. The predicted molar refractivity (Wildman–Crippen MR) is 129 cm³/mol. The third-order valence-electron chi connectivity index (χ3n) is 4.58. The molecule has 1 amide bonds. The van der Waals surface area contributed by atoms with E-state index < -0.39 is 5.91 Å². The third kappa shape index (κ3) is 6.50. The lowest BCUT2D eigenvalue weighted by molar-refractivity contribution is -0.112. The van der Waals surface area contributed by atoms with E-state index in [1.165, 1.54) is 6.08 Å². The van der Waals surface area contributed by atoms with Gasteiger partial charge in [0.25, 0.3) is 5.91 Å². The van der Waals surface area contributed by atoms with Gasteiger partial charge in [0.05, 0.1) is 13.2 Å². The minimum atomic E-state index is -0.475. The molecule has 31 heavy (non-hydrogen) atoms. The molecule has 0 spiro atoms. The van der Waals surface area contributed by atoms with E-state index >= 15 is 0 Å². The van der Waals surface area contributed by atoms with E-state index in [-0.39, 0.29) is 5.57 Å². The largest absolute Gasteiger partial charge is 0.490 e. The van der Waals surface area contributed by atoms with Gasteiger partial charge >= 0.3 is 0 Å². The Morgan fingerprint density at radius 2 is 1.65 bits per heavy atom. The van der Waals surface area contributed by atoms with Crippen molar-refractivity contribution >= 4 is 39.3 Å². The van der Waals surface area contributed by atoms with Gasteiger partial charge in [0, 0.05) is 28.9 Å². The topological polar surface area (TPSA) is 74.6 Å². The van der Waals surface area contributed by atoms with E-state index in [2.05, 4.69) is 40.0 Å². The number of nitriles is 1. The summed E-state index contributed by atoms with van der Waals surface area (Å²) in [6.07, 6.45) is 1.53. The highest BCUT2D eigenvalue weighted by atomic mass is 79.9. The summed E-state index contributed by atoms with van der Waals surface area (Å²) < 4.78 is 11.9. The second-order valence-electron chi connectivity index (χ2n) is 6.53. The Balaban J connectivity index is 2.26. The second-order valence-corrected chi connectivity index (χ2v) is 7.38. The number of carbonyl (C=O) groups excluding carboxylic acids is 1. The highest BCUT2D eigenvalue weighted by Gasteiger charge is 2.14. The summed E-state index contributed by atoms with van der Waals surface area (Å²) in [7, 11) is 0. The Kier molecular flexibility index (Phi) is 9.41. The van der Waals surface area contributed by atoms with E-state index in [9.17, 15) is 10.1 Å². The molecular formula is C24H28BrN3O3. The highest BCUT2D eigenvalue weighted by molar-refractivity contribution is 9.10. The zero-order valence-corrected chi connectivity index (χ0v) is 20.0. The smallest absolute Gasteiger partial charge is 0.266 e. The van der Waals surface area contributed by atoms with Crippen LogP contribution >= 0.6 is 15.9 Å². The van der Waals surface area contributed by atoms with Crippen LogP contribution < -0.4 is 19.7 Å². The van der Waals surface area contributed by atoms with Gasteiger partial charge in [-0.2, -0.15) is 5.26 Å². The number of amides is 1. The number of hydrogen-bond acceptors (Lipinski definition) is 5. The van der Waals surface area contributed by atoms with Crippen molar-refractivity contribution in [2.24, 2.45) is 0 Å². The van der Waals surface area contributed by atoms with Crippen molar-refractivity contribution < 1.29 is 14.3 Å². The van der Waals surface area contributed by atoms with Crippen molar-refractivity contribution in [2.75, 3.05) is 36.5 Å². The van der Waals surface area contributed by atoms with Crippen molar-refractivity contribution in [1.82, 2.24) is 0 Å². The molecule has 0 aliphatic heterocycles. The van der Waals surface area contributed by atoms with Crippen molar-refractivity contribution in [1.29, 1.82) is 5.26 Å². The van der Waals surface area contributed by atoms with Crippen LogP contribution in [0.1, 0.15) is 33.3 Å². The molecule has 164 valence electrons. The van der Waals surface area contributed by atoms with E-state index in [1.54, 1.807) is 12.1 Å². The predicted octanol–water partition coefficient (Wildman–Crippen LogP) is 5.64. The van der Waals surface area contributed by atoms with E-state index in [4.69, 9.17) is 9.47 Å². The van der Waals surface area contributed by atoms with Crippen LogP contribution in [-0.4, -0.2) is 32.2 Å². The second kappa shape index (κ2) is 12.0. The van der Waals surface area contributed by atoms with Gasteiger partial charge in [-0.15, -0.1) is 0 Å². The Morgan fingerprint density at radius 1 is 1.06 bits per heavy atom. The number of carbonyl (C=O) groups is 1. The SMILES string of the molecule is CCOc1cc(Br)c(/C=C(/C#N)C(=O)Nc2ccc(N(CC)CC)cc2)cc1OCC. The Morgan fingerprint density at radius 3 is 2.16 bits per heavy atom. The number of benzene rings is 2. The van der Waals surface area contributed by atoms with Gasteiger partial charge in [-0.1, -0.05) is 15.9 Å². The fourth-order valence-electron chi connectivity index (χ4n) is 3.04. The average molecular weight is 486 g/mol. The normalized spacial score (nSPS) is 10.9. The summed E-state index contributed by atoms with van der Waals surface area (Å²) >= 11 is 3.49. The van der Waals surface area contributed by atoms with Gasteiger partial charge in [0.15, 0.2) is 11.5 Å². The molecule has 0 bridgehead atoms. The van der Waals surface area contributed by atoms with Crippen LogP contribution in [0.25, 0.3) is 6.08 Å². The molecule has 0 saturated heterocycles. The van der Waals surface area contributed by atoms with Crippen LogP contribution in [-0.2, 0) is 4.79 Å². The lowest BCUT2D eigenvalue weighted by atomic mass is 10.1. The van der Waals surface area contributed by atoms with Gasteiger partial charge in [0.2, 0.25) is 0 Å². The minimum Gasteiger partial charge on any atom is -0.490 e. The molecule has 0 unspecified atom stereocenters. The van der Waals surface area contributed by atoms with Crippen LogP contribution in [0, 0.1) is 11.3 Å². The van der Waals surface area contributed by atoms with E-state index in [0.717, 1.165) is 18.8 Å². The monoisotopic (exact) mass is 485 g/mol. The Hall–Kier alpha value is -2.98. The highest BCUT2D eigenvalue weighted by Crippen LogP contribution is 2.35. The molecule has 0 aliphatic carbocycles. The first-order chi connectivity index (χ1) is 15.0. The van der Waals surface area contributed by atoms with Crippen molar-refractivity contribution in [2.45, 2.75) is 27.7 Å². The van der Waals surface area contributed by atoms with E-state index in [1.807, 2.05) is 44.2 Å². The van der Waals surface area contributed by atoms with Crippen molar-refractivity contribution in [3.63, 3.8) is 0 Å². The van der Waals surface area contributed by atoms with Crippen LogP contribution in [0.4, 0.5) is 11.4 Å². The van der Waals surface area contributed by atoms with E-state index in [0.29, 0.717) is 40.4 Å². The minimum absolute atomic E-state index is 0.0138. The summed E-state index contributed by atoms with van der Waals surface area (Å²) in [4.78, 5) is 14.9. The van der Waals surface area contributed by atoms with Gasteiger partial charge in [0.1, 0.15) is 11.6 Å². The molecule has 1 N–H and O–H groups in total. The summed E-state index contributed by atoms with van der Waals surface area (Å²) in [5.41, 5.74) is 2.35. The van der Waals surface area contributed by atoms with Crippen molar-refractivity contribution in [3.8, 4) is 17.6 Å². The summed E-state index contributed by atoms with van der Waals surface area (Å²) in [6, 6.07) is 13.1. The maximum atomic E-state index is 12.7. The molecule has 2 rings (SSSR count). The van der Waals surface area contributed by atoms with Gasteiger partial charge in [-0.05, 0) is 75.7 Å². The van der Waals surface area contributed by atoms with Crippen LogP contribution in [0.5, 0.6) is 11.5 Å². The lowest BCUT2D eigenvalue weighted by Crippen LogP contribution is -2.21. The molecule has 7 heteroatoms. The van der Waals surface area contributed by atoms with Crippen molar-refractivity contribution in [3.05, 3.63) is 52.0 Å². The molecular weight excluding hydrogens is 458 g/mol. The average Bonchev–Trinajstić information content (AvgIpc) is 2.76. The Bertz CT molecular complexity index is 961. The molecule has 0 fully saturated rings. The molecule has 0 heterocycles. The summed E-state index contributed by atoms with van der Waals surface area (Å²) in [5, 5.41) is 12.3. The molecule has 0 saturated carbocycles. The molecule has 0 aromatic heterocycles.